The van der Waals surface area contributed by atoms with Gasteiger partial charge in [0, 0.05) is 0 Å². The first-order valence-corrected chi connectivity index (χ1v) is 13.9. The molecule has 0 aliphatic heterocycles. The van der Waals surface area contributed by atoms with Crippen molar-refractivity contribution >= 4 is 43.1 Å². The van der Waals surface area contributed by atoms with Crippen LogP contribution in [0.5, 0.6) is 0 Å². The van der Waals surface area contributed by atoms with Crippen molar-refractivity contribution in [1.29, 1.82) is 0 Å². The molecule has 40 heavy (non-hydrogen) atoms. The lowest BCUT2D eigenvalue weighted by Crippen LogP contribution is -1.94. The topological polar surface area (TPSA) is 0 Å². The molecule has 0 N–H and O–H groups in total. The molecule has 8 rings (SSSR count). The number of hydrogen-bond acceptors (Lipinski definition) is 0. The molecular formula is C40H26. The summed E-state index contributed by atoms with van der Waals surface area (Å²) < 4.78 is 0. The van der Waals surface area contributed by atoms with Gasteiger partial charge in [-0.15, -0.1) is 0 Å². The minimum atomic E-state index is 1.25. The average Bonchev–Trinajstić information content (AvgIpc) is 3.03. The van der Waals surface area contributed by atoms with Gasteiger partial charge in [-0.05, 0) is 76.5 Å². The van der Waals surface area contributed by atoms with Crippen LogP contribution in [0.15, 0.2) is 158 Å². The van der Waals surface area contributed by atoms with Crippen LogP contribution >= 0.6 is 0 Å². The molecule has 0 radical (unpaired) electrons. The van der Waals surface area contributed by atoms with E-state index in [1.807, 2.05) is 0 Å². The van der Waals surface area contributed by atoms with Crippen LogP contribution in [0.3, 0.4) is 0 Å². The second-order valence-corrected chi connectivity index (χ2v) is 10.5. The van der Waals surface area contributed by atoms with Crippen molar-refractivity contribution < 1.29 is 0 Å². The van der Waals surface area contributed by atoms with Crippen molar-refractivity contribution in [3.8, 4) is 33.4 Å². The van der Waals surface area contributed by atoms with E-state index in [0.717, 1.165) is 0 Å². The van der Waals surface area contributed by atoms with Gasteiger partial charge in [0.05, 0.1) is 0 Å². The monoisotopic (exact) mass is 506 g/mol. The number of hydrogen-bond donors (Lipinski definition) is 0. The number of fused-ring (bicyclic) bond motifs is 4. The predicted octanol–water partition coefficient (Wildman–Crippen LogP) is 11.3. The summed E-state index contributed by atoms with van der Waals surface area (Å²) in [6.07, 6.45) is 0. The minimum Gasteiger partial charge on any atom is -0.0616 e. The van der Waals surface area contributed by atoms with Crippen LogP contribution < -0.4 is 0 Å². The van der Waals surface area contributed by atoms with Crippen LogP contribution in [-0.4, -0.2) is 0 Å². The molecule has 0 heterocycles. The lowest BCUT2D eigenvalue weighted by molar-refractivity contribution is 1.63. The molecular weight excluding hydrogens is 480 g/mol. The molecule has 0 aliphatic carbocycles. The summed E-state index contributed by atoms with van der Waals surface area (Å²) in [5.74, 6) is 0. The van der Waals surface area contributed by atoms with E-state index in [1.54, 1.807) is 0 Å². The molecule has 0 bridgehead atoms. The Bertz CT molecular complexity index is 2210. The van der Waals surface area contributed by atoms with Crippen LogP contribution in [-0.2, 0) is 0 Å². The third-order valence-corrected chi connectivity index (χ3v) is 8.27. The van der Waals surface area contributed by atoms with Crippen LogP contribution in [0.4, 0.5) is 0 Å². The molecule has 8 aromatic carbocycles. The van der Waals surface area contributed by atoms with Crippen molar-refractivity contribution in [1.82, 2.24) is 0 Å². The molecule has 0 fully saturated rings. The molecule has 0 heteroatoms. The average molecular weight is 507 g/mol. The van der Waals surface area contributed by atoms with Crippen molar-refractivity contribution in [2.45, 2.75) is 0 Å². The highest BCUT2D eigenvalue weighted by Gasteiger charge is 2.20. The highest BCUT2D eigenvalue weighted by Crippen LogP contribution is 2.47. The molecule has 0 spiro atoms. The summed E-state index contributed by atoms with van der Waals surface area (Å²) in [6, 6.07) is 57.6. The largest absolute Gasteiger partial charge is 0.0616 e. The molecule has 0 aromatic heterocycles. The van der Waals surface area contributed by atoms with Gasteiger partial charge in [-0.2, -0.15) is 0 Å². The summed E-state index contributed by atoms with van der Waals surface area (Å²) in [5, 5.41) is 10.1. The van der Waals surface area contributed by atoms with E-state index < -0.39 is 0 Å². The second-order valence-electron chi connectivity index (χ2n) is 10.5. The first kappa shape index (κ1) is 22.8. The molecule has 8 aromatic rings. The lowest BCUT2D eigenvalue weighted by atomic mass is 9.82. The maximum Gasteiger partial charge on any atom is -0.00201 e. The highest BCUT2D eigenvalue weighted by molar-refractivity contribution is 6.16. The SMILES string of the molecule is c1ccc2c(-c3ccc4ccccc4c3-c3ccc4ccccc4c3-c3cccc4ccccc34)cccc2c1. The summed E-state index contributed by atoms with van der Waals surface area (Å²) in [6.45, 7) is 0. The van der Waals surface area contributed by atoms with Crippen LogP contribution in [0.2, 0.25) is 0 Å². The van der Waals surface area contributed by atoms with Gasteiger partial charge in [0.25, 0.3) is 0 Å². The maximum absolute atomic E-state index is 2.34. The highest BCUT2D eigenvalue weighted by atomic mass is 14.2. The lowest BCUT2D eigenvalue weighted by Gasteiger charge is -2.21. The first-order valence-electron chi connectivity index (χ1n) is 13.9. The van der Waals surface area contributed by atoms with Crippen molar-refractivity contribution in [2.75, 3.05) is 0 Å². The van der Waals surface area contributed by atoms with Crippen LogP contribution in [0.1, 0.15) is 0 Å². The van der Waals surface area contributed by atoms with E-state index in [4.69, 9.17) is 0 Å². The van der Waals surface area contributed by atoms with Gasteiger partial charge >= 0.3 is 0 Å². The third kappa shape index (κ3) is 3.54. The molecule has 0 unspecified atom stereocenters. The number of rotatable bonds is 3. The van der Waals surface area contributed by atoms with Gasteiger partial charge < -0.3 is 0 Å². The second kappa shape index (κ2) is 9.22. The fourth-order valence-electron chi connectivity index (χ4n) is 6.46. The molecule has 0 nitrogen and oxygen atoms in total. The Balaban J connectivity index is 1.56. The number of benzene rings is 8. The molecule has 0 saturated carbocycles. The molecule has 186 valence electrons. The van der Waals surface area contributed by atoms with Gasteiger partial charge in [-0.3, -0.25) is 0 Å². The van der Waals surface area contributed by atoms with Gasteiger partial charge in [0.2, 0.25) is 0 Å². The molecule has 0 aliphatic rings. The minimum absolute atomic E-state index is 1.25. The summed E-state index contributed by atoms with van der Waals surface area (Å²) >= 11 is 0. The smallest absolute Gasteiger partial charge is 0.00201 e. The quantitative estimate of drug-likeness (QED) is 0.223. The molecule has 0 amide bonds. The normalized spacial score (nSPS) is 11.5. The Kier molecular flexibility index (Phi) is 5.24. The fraction of sp³-hybridized carbons (Fsp3) is 0. The van der Waals surface area contributed by atoms with Crippen molar-refractivity contribution in [3.05, 3.63) is 158 Å². The Labute approximate surface area is 233 Å². The zero-order valence-electron chi connectivity index (χ0n) is 22.0. The summed E-state index contributed by atoms with van der Waals surface area (Å²) in [4.78, 5) is 0. The standard InChI is InChI=1S/C40H26/c1-5-17-31-27(11-1)15-9-21-35(31)37-25-23-29-13-3-8-20-34(29)40(37)38-26-24-30-14-4-7-19-33(30)39(38)36-22-10-16-28-12-2-6-18-32(28)36/h1-26H. The Morgan fingerprint density at radius 2 is 0.575 bits per heavy atom. The Hall–Kier alpha value is -5.20. The third-order valence-electron chi connectivity index (χ3n) is 8.27. The maximum atomic E-state index is 2.34. The summed E-state index contributed by atoms with van der Waals surface area (Å²) in [7, 11) is 0. The van der Waals surface area contributed by atoms with E-state index in [1.165, 1.54) is 76.5 Å². The van der Waals surface area contributed by atoms with E-state index in [2.05, 4.69) is 158 Å². The Morgan fingerprint density at radius 1 is 0.200 bits per heavy atom. The van der Waals surface area contributed by atoms with Gasteiger partial charge in [0.1, 0.15) is 0 Å². The fourth-order valence-corrected chi connectivity index (χ4v) is 6.46. The van der Waals surface area contributed by atoms with Crippen molar-refractivity contribution in [3.63, 3.8) is 0 Å². The predicted molar refractivity (Wildman–Crippen MR) is 173 cm³/mol. The van der Waals surface area contributed by atoms with E-state index in [0.29, 0.717) is 0 Å². The summed E-state index contributed by atoms with van der Waals surface area (Å²) in [5.41, 5.74) is 7.61. The van der Waals surface area contributed by atoms with Gasteiger partial charge in [0.15, 0.2) is 0 Å². The van der Waals surface area contributed by atoms with Gasteiger partial charge in [-0.1, -0.05) is 158 Å². The van der Waals surface area contributed by atoms with Crippen molar-refractivity contribution in [2.24, 2.45) is 0 Å². The van der Waals surface area contributed by atoms with Gasteiger partial charge in [-0.25, -0.2) is 0 Å². The molecule has 0 atom stereocenters. The van der Waals surface area contributed by atoms with E-state index >= 15 is 0 Å². The van der Waals surface area contributed by atoms with E-state index in [9.17, 15) is 0 Å². The van der Waals surface area contributed by atoms with E-state index in [-0.39, 0.29) is 0 Å². The zero-order chi connectivity index (χ0) is 26.5. The molecule has 0 saturated heterocycles. The Morgan fingerprint density at radius 3 is 1.15 bits per heavy atom. The van der Waals surface area contributed by atoms with Crippen LogP contribution in [0, 0.1) is 0 Å². The zero-order valence-corrected chi connectivity index (χ0v) is 22.0. The van der Waals surface area contributed by atoms with Crippen LogP contribution in [0.25, 0.3) is 76.5 Å². The first-order chi connectivity index (χ1) is 19.9.